The van der Waals surface area contributed by atoms with Gasteiger partial charge in [0, 0.05) is 22.4 Å². The molecule has 6 nitrogen and oxygen atoms in total. The molecular formula is C17H27FN2O4S. The Balaban J connectivity index is 0.00000101. The molecule has 0 aromatic heterocycles. The van der Waals surface area contributed by atoms with Crippen LogP contribution in [0.15, 0.2) is 18.2 Å². The zero-order chi connectivity index (χ0) is 19.7. The largest absolute Gasteiger partial charge is 0.468 e. The lowest BCUT2D eigenvalue weighted by Gasteiger charge is -2.33. The van der Waals surface area contributed by atoms with Crippen molar-refractivity contribution in [3.8, 4) is 0 Å². The van der Waals surface area contributed by atoms with Crippen LogP contribution in [-0.4, -0.2) is 22.7 Å². The lowest BCUT2D eigenvalue weighted by Crippen LogP contribution is -2.37. The smallest absolute Gasteiger partial charge is 0.293 e. The first-order chi connectivity index (χ1) is 11.5. The van der Waals surface area contributed by atoms with Gasteiger partial charge in [-0.2, -0.15) is 0 Å². The molecule has 0 aliphatic heterocycles. The Morgan fingerprint density at radius 3 is 2.28 bits per heavy atom. The van der Waals surface area contributed by atoms with E-state index in [1.165, 1.54) is 24.1 Å². The van der Waals surface area contributed by atoms with Crippen LogP contribution in [-0.2, 0) is 15.1 Å². The van der Waals surface area contributed by atoms with Crippen LogP contribution in [0.2, 0.25) is 0 Å². The van der Waals surface area contributed by atoms with Crippen LogP contribution in [0.3, 0.4) is 0 Å². The highest BCUT2D eigenvalue weighted by molar-refractivity contribution is 7.98. The van der Waals surface area contributed by atoms with Crippen molar-refractivity contribution in [3.05, 3.63) is 39.7 Å². The van der Waals surface area contributed by atoms with Gasteiger partial charge >= 0.3 is 0 Å². The van der Waals surface area contributed by atoms with Crippen LogP contribution in [0.1, 0.15) is 53.5 Å². The second-order valence-corrected chi connectivity index (χ2v) is 8.11. The monoisotopic (exact) mass is 374 g/mol. The van der Waals surface area contributed by atoms with Gasteiger partial charge in [0.1, 0.15) is 5.82 Å². The van der Waals surface area contributed by atoms with Gasteiger partial charge in [0.2, 0.25) is 0 Å². The maximum atomic E-state index is 14.1. The molecule has 0 saturated heterocycles. The number of rotatable bonds is 7. The molecule has 0 heterocycles. The molecule has 1 rings (SSSR count). The summed E-state index contributed by atoms with van der Waals surface area (Å²) in [5.74, 6) is -0.429. The minimum atomic E-state index is -0.659. The van der Waals surface area contributed by atoms with Crippen LogP contribution in [0.25, 0.3) is 0 Å². The van der Waals surface area contributed by atoms with Crippen molar-refractivity contribution in [1.82, 2.24) is 4.72 Å². The molecule has 8 heteroatoms. The fraction of sp³-hybridized carbons (Fsp3) is 0.588. The zero-order valence-electron chi connectivity index (χ0n) is 15.6. The average Bonchev–Trinajstić information content (AvgIpc) is 2.53. The van der Waals surface area contributed by atoms with Gasteiger partial charge in [-0.15, -0.1) is 0 Å². The summed E-state index contributed by atoms with van der Waals surface area (Å²) in [6, 6.07) is 3.66. The Bertz CT molecular complexity index is 578. The third-order valence-electron chi connectivity index (χ3n) is 3.28. The summed E-state index contributed by atoms with van der Waals surface area (Å²) in [6.07, 6.45) is 0.619. The number of nitrogens with one attached hydrogen (secondary N) is 1. The summed E-state index contributed by atoms with van der Waals surface area (Å²) in [4.78, 5) is 19.5. The SMILES string of the molecule is CCOC=O.CC[C@](C)(NSC(C)(C)C)c1cc([N+](=O)[O-])ccc1F. The van der Waals surface area contributed by atoms with Crippen LogP contribution in [0, 0.1) is 15.9 Å². The van der Waals surface area contributed by atoms with Crippen molar-refractivity contribution in [2.24, 2.45) is 0 Å². The van der Waals surface area contributed by atoms with E-state index >= 15 is 0 Å². The van der Waals surface area contributed by atoms with Gasteiger partial charge in [0.05, 0.1) is 17.1 Å². The first kappa shape index (κ1) is 23.3. The normalized spacial score (nSPS) is 13.2. The molecule has 0 aliphatic carbocycles. The van der Waals surface area contributed by atoms with Crippen molar-refractivity contribution in [2.75, 3.05) is 6.61 Å². The molecule has 25 heavy (non-hydrogen) atoms. The van der Waals surface area contributed by atoms with E-state index < -0.39 is 16.3 Å². The van der Waals surface area contributed by atoms with Gasteiger partial charge in [-0.25, -0.2) is 4.39 Å². The van der Waals surface area contributed by atoms with Gasteiger partial charge in [-0.1, -0.05) is 18.9 Å². The molecule has 142 valence electrons. The van der Waals surface area contributed by atoms with Crippen LogP contribution in [0.4, 0.5) is 10.1 Å². The number of non-ortho nitro benzene ring substituents is 1. The summed E-state index contributed by atoms with van der Waals surface area (Å²) in [5, 5.41) is 10.9. The predicted octanol–water partition coefficient (Wildman–Crippen LogP) is 4.57. The highest BCUT2D eigenvalue weighted by Gasteiger charge is 2.31. The van der Waals surface area contributed by atoms with Gasteiger partial charge in [0.25, 0.3) is 12.2 Å². The van der Waals surface area contributed by atoms with E-state index in [1.54, 1.807) is 6.92 Å². The molecule has 1 atom stereocenters. The van der Waals surface area contributed by atoms with Gasteiger partial charge in [-0.05, 0) is 47.1 Å². The maximum Gasteiger partial charge on any atom is 0.293 e. The Labute approximate surface area is 152 Å². The Morgan fingerprint density at radius 1 is 1.32 bits per heavy atom. The molecule has 0 saturated carbocycles. The summed E-state index contributed by atoms with van der Waals surface area (Å²) in [6.45, 7) is 12.6. The minimum Gasteiger partial charge on any atom is -0.468 e. The Morgan fingerprint density at radius 2 is 1.92 bits per heavy atom. The van der Waals surface area contributed by atoms with E-state index in [-0.39, 0.29) is 10.4 Å². The molecule has 0 aliphatic rings. The number of hydrogen-bond donors (Lipinski definition) is 1. The first-order valence-electron chi connectivity index (χ1n) is 7.95. The van der Waals surface area contributed by atoms with Crippen molar-refractivity contribution in [3.63, 3.8) is 0 Å². The van der Waals surface area contributed by atoms with Crippen molar-refractivity contribution >= 4 is 24.1 Å². The van der Waals surface area contributed by atoms with E-state index in [0.717, 1.165) is 6.07 Å². The van der Waals surface area contributed by atoms with Gasteiger partial charge in [0.15, 0.2) is 0 Å². The van der Waals surface area contributed by atoms with E-state index in [0.29, 0.717) is 25.1 Å². The molecule has 0 amide bonds. The number of ether oxygens (including phenoxy) is 1. The number of halogens is 1. The number of nitro groups is 1. The van der Waals surface area contributed by atoms with Crippen LogP contribution < -0.4 is 4.72 Å². The quantitative estimate of drug-likeness (QED) is 0.326. The maximum absolute atomic E-state index is 14.1. The van der Waals surface area contributed by atoms with E-state index in [1.807, 2.05) is 34.6 Å². The lowest BCUT2D eigenvalue weighted by molar-refractivity contribution is -0.385. The fourth-order valence-electron chi connectivity index (χ4n) is 1.70. The molecule has 1 N–H and O–H groups in total. The van der Waals surface area contributed by atoms with Crippen molar-refractivity contribution in [2.45, 2.75) is 58.2 Å². The molecule has 0 unspecified atom stereocenters. The third-order valence-corrected chi connectivity index (χ3v) is 4.44. The number of benzene rings is 1. The van der Waals surface area contributed by atoms with Crippen molar-refractivity contribution in [1.29, 1.82) is 0 Å². The number of carbonyl (C=O) groups excluding carboxylic acids is 1. The fourth-order valence-corrected chi connectivity index (χ4v) is 2.49. The number of hydrogen-bond acceptors (Lipinski definition) is 6. The zero-order valence-corrected chi connectivity index (χ0v) is 16.4. The van der Waals surface area contributed by atoms with Crippen LogP contribution in [0.5, 0.6) is 0 Å². The second kappa shape index (κ2) is 10.4. The first-order valence-corrected chi connectivity index (χ1v) is 8.77. The number of carbonyl (C=O) groups is 1. The van der Waals surface area contributed by atoms with E-state index in [9.17, 15) is 19.3 Å². The van der Waals surface area contributed by atoms with Gasteiger partial charge < -0.3 is 4.74 Å². The number of nitrogens with zero attached hydrogens (tertiary/aromatic N) is 1. The van der Waals surface area contributed by atoms with Crippen LogP contribution >= 0.6 is 11.9 Å². The van der Waals surface area contributed by atoms with Gasteiger partial charge in [-0.3, -0.25) is 19.6 Å². The third kappa shape index (κ3) is 8.31. The molecule has 1 aromatic rings. The summed E-state index contributed by atoms with van der Waals surface area (Å²) in [5.41, 5.74) is -0.428. The second-order valence-electron chi connectivity index (χ2n) is 6.47. The molecule has 0 bridgehead atoms. The summed E-state index contributed by atoms with van der Waals surface area (Å²) >= 11 is 1.50. The summed E-state index contributed by atoms with van der Waals surface area (Å²) < 4.78 is 21.4. The lowest BCUT2D eigenvalue weighted by atomic mass is 9.90. The molecule has 1 aromatic carbocycles. The minimum absolute atomic E-state index is 0.0341. The molecule has 0 fully saturated rings. The predicted molar refractivity (Wildman–Crippen MR) is 98.9 cm³/mol. The average molecular weight is 374 g/mol. The standard InChI is InChI=1S/C14H21FN2O2S.C3H6O2/c1-6-14(5,16-20-13(2,3)4)11-9-10(17(18)19)7-8-12(11)15;1-2-5-3-4/h7-9,16H,6H2,1-5H3;3H,2H2,1H3/t14-;/m0./s1. The number of nitro benzene ring substituents is 1. The van der Waals surface area contributed by atoms with E-state index in [2.05, 4.69) is 9.46 Å². The van der Waals surface area contributed by atoms with E-state index in [4.69, 9.17) is 0 Å². The summed E-state index contributed by atoms with van der Waals surface area (Å²) in [7, 11) is 0. The Hall–Kier alpha value is -1.67. The highest BCUT2D eigenvalue weighted by Crippen LogP contribution is 2.34. The molecule has 0 spiro atoms. The molecule has 0 radical (unpaired) electrons. The topological polar surface area (TPSA) is 81.5 Å². The molecular weight excluding hydrogens is 347 g/mol. The Kier molecular flexibility index (Phi) is 9.66. The highest BCUT2D eigenvalue weighted by atomic mass is 32.2. The van der Waals surface area contributed by atoms with Crippen molar-refractivity contribution < 1.29 is 18.8 Å².